The number of carbonyl (C=O) groups excluding carboxylic acids is 2. The molecule has 0 aromatic heterocycles. The second-order valence-electron chi connectivity index (χ2n) is 5.05. The van der Waals surface area contributed by atoms with Crippen molar-refractivity contribution in [3.63, 3.8) is 0 Å². The monoisotopic (exact) mass is 281 g/mol. The van der Waals surface area contributed by atoms with Crippen molar-refractivity contribution in [1.29, 1.82) is 0 Å². The van der Waals surface area contributed by atoms with Crippen molar-refractivity contribution >= 4 is 23.3 Å². The normalized spacial score (nSPS) is 18.0. The fourth-order valence-electron chi connectivity index (χ4n) is 2.82. The number of anilines is 2. The first-order valence-electron chi connectivity index (χ1n) is 6.55. The van der Waals surface area contributed by atoms with E-state index in [1.807, 2.05) is 24.3 Å². The minimum atomic E-state index is -1.46. The maximum absolute atomic E-state index is 12.1. The Bertz CT molecular complexity index is 722. The van der Waals surface area contributed by atoms with Crippen molar-refractivity contribution in [3.05, 3.63) is 59.7 Å². The lowest BCUT2D eigenvalue weighted by Crippen LogP contribution is -2.56. The summed E-state index contributed by atoms with van der Waals surface area (Å²) in [6, 6.07) is 14.2. The first kappa shape index (κ1) is 12.0. The summed E-state index contributed by atoms with van der Waals surface area (Å²) in [4.78, 5) is 26.0. The summed E-state index contributed by atoms with van der Waals surface area (Å²) in [6.07, 6.45) is 0. The SMILES string of the molecule is CC12OC(=O)c3ccccc3N1c1ccccc1C(=O)O2. The number of fused-ring (bicyclic) bond motifs is 5. The number of hydrogen-bond donors (Lipinski definition) is 0. The lowest BCUT2D eigenvalue weighted by atomic mass is 10.0. The van der Waals surface area contributed by atoms with Gasteiger partial charge < -0.3 is 9.47 Å². The summed E-state index contributed by atoms with van der Waals surface area (Å²) in [7, 11) is 0. The van der Waals surface area contributed by atoms with Gasteiger partial charge in [0.05, 0.1) is 22.5 Å². The van der Waals surface area contributed by atoms with Crippen LogP contribution in [-0.2, 0) is 9.47 Å². The van der Waals surface area contributed by atoms with Crippen LogP contribution in [0.3, 0.4) is 0 Å². The van der Waals surface area contributed by atoms with E-state index in [4.69, 9.17) is 9.47 Å². The molecule has 2 aliphatic rings. The Labute approximate surface area is 120 Å². The third-order valence-corrected chi connectivity index (χ3v) is 3.70. The van der Waals surface area contributed by atoms with Crippen molar-refractivity contribution in [2.24, 2.45) is 0 Å². The van der Waals surface area contributed by atoms with Gasteiger partial charge in [-0.15, -0.1) is 0 Å². The fourth-order valence-corrected chi connectivity index (χ4v) is 2.82. The minimum absolute atomic E-state index is 0.447. The van der Waals surface area contributed by atoms with Gasteiger partial charge >= 0.3 is 17.8 Å². The van der Waals surface area contributed by atoms with Gasteiger partial charge in [0.25, 0.3) is 0 Å². The second-order valence-corrected chi connectivity index (χ2v) is 5.05. The van der Waals surface area contributed by atoms with E-state index < -0.39 is 17.8 Å². The molecular formula is C16H11NO4. The third kappa shape index (κ3) is 1.51. The molecule has 104 valence electrons. The Morgan fingerprint density at radius 1 is 0.810 bits per heavy atom. The molecule has 0 atom stereocenters. The molecule has 0 fully saturated rings. The first-order valence-corrected chi connectivity index (χ1v) is 6.55. The summed E-state index contributed by atoms with van der Waals surface area (Å²) in [5.41, 5.74) is 2.22. The van der Waals surface area contributed by atoms with Crippen LogP contribution in [0, 0.1) is 0 Å². The lowest BCUT2D eigenvalue weighted by molar-refractivity contribution is -0.157. The molecule has 0 saturated heterocycles. The highest BCUT2D eigenvalue weighted by molar-refractivity contribution is 6.05. The number of rotatable bonds is 0. The van der Waals surface area contributed by atoms with Crippen LogP contribution >= 0.6 is 0 Å². The number of para-hydroxylation sites is 2. The van der Waals surface area contributed by atoms with Gasteiger partial charge in [0.1, 0.15) is 0 Å². The molecule has 0 unspecified atom stereocenters. The molecular weight excluding hydrogens is 270 g/mol. The molecule has 0 N–H and O–H groups in total. The van der Waals surface area contributed by atoms with Crippen LogP contribution < -0.4 is 4.90 Å². The van der Waals surface area contributed by atoms with Gasteiger partial charge in [-0.2, -0.15) is 0 Å². The quantitative estimate of drug-likeness (QED) is 0.695. The molecule has 0 spiro atoms. The van der Waals surface area contributed by atoms with Gasteiger partial charge in [-0.05, 0) is 24.3 Å². The third-order valence-electron chi connectivity index (χ3n) is 3.70. The van der Waals surface area contributed by atoms with Gasteiger partial charge in [0.15, 0.2) is 0 Å². The molecule has 21 heavy (non-hydrogen) atoms. The van der Waals surface area contributed by atoms with E-state index in [1.165, 1.54) is 0 Å². The zero-order valence-corrected chi connectivity index (χ0v) is 11.2. The standard InChI is InChI=1S/C16H11NO4/c1-16-17(12-8-4-2-6-10(12)14(18)20-16)13-9-5-3-7-11(13)15(19)21-16/h2-9H,1H3. The van der Waals surface area contributed by atoms with Gasteiger partial charge in [-0.3, -0.25) is 4.90 Å². The molecule has 4 rings (SSSR count). The van der Waals surface area contributed by atoms with E-state index in [1.54, 1.807) is 36.1 Å². The van der Waals surface area contributed by atoms with E-state index in [2.05, 4.69) is 0 Å². The minimum Gasteiger partial charge on any atom is -0.400 e. The van der Waals surface area contributed by atoms with Crippen LogP contribution in [0.15, 0.2) is 48.5 Å². The number of ether oxygens (including phenoxy) is 2. The smallest absolute Gasteiger partial charge is 0.344 e. The number of benzene rings is 2. The molecule has 0 radical (unpaired) electrons. The Hall–Kier alpha value is -2.82. The molecule has 0 aliphatic carbocycles. The summed E-state index contributed by atoms with van der Waals surface area (Å²) in [6.45, 7) is 1.56. The fraction of sp³-hybridized carbons (Fsp3) is 0.125. The molecule has 2 heterocycles. The van der Waals surface area contributed by atoms with E-state index in [9.17, 15) is 9.59 Å². The van der Waals surface area contributed by atoms with E-state index in [-0.39, 0.29) is 0 Å². The maximum Gasteiger partial charge on any atom is 0.344 e. The average Bonchev–Trinajstić information content (AvgIpc) is 2.47. The van der Waals surface area contributed by atoms with Gasteiger partial charge in [-0.1, -0.05) is 24.3 Å². The summed E-state index contributed by atoms with van der Waals surface area (Å²) in [5, 5.41) is 0. The second kappa shape index (κ2) is 3.85. The Balaban J connectivity index is 2.03. The highest BCUT2D eigenvalue weighted by Crippen LogP contribution is 2.45. The van der Waals surface area contributed by atoms with Crippen molar-refractivity contribution in [2.75, 3.05) is 4.90 Å². The summed E-state index contributed by atoms with van der Waals surface area (Å²) in [5.74, 6) is -2.47. The van der Waals surface area contributed by atoms with Crippen LogP contribution in [0.2, 0.25) is 0 Å². The summed E-state index contributed by atoms with van der Waals surface area (Å²) < 4.78 is 10.8. The topological polar surface area (TPSA) is 55.8 Å². The van der Waals surface area contributed by atoms with E-state index in [0.717, 1.165) is 0 Å². The van der Waals surface area contributed by atoms with Crippen LogP contribution in [0.5, 0.6) is 0 Å². The number of hydrogen-bond acceptors (Lipinski definition) is 5. The molecule has 2 aromatic carbocycles. The zero-order chi connectivity index (χ0) is 14.6. The molecule has 0 bridgehead atoms. The molecule has 5 heteroatoms. The highest BCUT2D eigenvalue weighted by Gasteiger charge is 2.51. The van der Waals surface area contributed by atoms with Gasteiger partial charge in [-0.25, -0.2) is 9.59 Å². The van der Waals surface area contributed by atoms with Gasteiger partial charge in [0, 0.05) is 6.92 Å². The maximum atomic E-state index is 12.1. The number of carbonyl (C=O) groups is 2. The summed E-state index contributed by atoms with van der Waals surface area (Å²) >= 11 is 0. The zero-order valence-electron chi connectivity index (χ0n) is 11.2. The van der Waals surface area contributed by atoms with Crippen molar-refractivity contribution in [2.45, 2.75) is 12.8 Å². The Morgan fingerprint density at radius 2 is 1.24 bits per heavy atom. The largest absolute Gasteiger partial charge is 0.400 e. The predicted molar refractivity (Wildman–Crippen MR) is 74.3 cm³/mol. The molecule has 0 amide bonds. The Kier molecular flexibility index (Phi) is 2.19. The molecule has 0 saturated carbocycles. The number of esters is 2. The van der Waals surface area contributed by atoms with Crippen LogP contribution in [0.1, 0.15) is 27.6 Å². The van der Waals surface area contributed by atoms with Crippen molar-refractivity contribution < 1.29 is 19.1 Å². The van der Waals surface area contributed by atoms with Crippen molar-refractivity contribution in [1.82, 2.24) is 0 Å². The predicted octanol–water partition coefficient (Wildman–Crippen LogP) is 2.84. The van der Waals surface area contributed by atoms with Crippen LogP contribution in [0.4, 0.5) is 11.4 Å². The van der Waals surface area contributed by atoms with Gasteiger partial charge in [0.2, 0.25) is 0 Å². The molecule has 2 aromatic rings. The molecule has 5 nitrogen and oxygen atoms in total. The van der Waals surface area contributed by atoms with E-state index >= 15 is 0 Å². The first-order chi connectivity index (χ1) is 10.1. The number of nitrogens with zero attached hydrogens (tertiary/aromatic N) is 1. The van der Waals surface area contributed by atoms with E-state index in [0.29, 0.717) is 22.5 Å². The highest BCUT2D eigenvalue weighted by atomic mass is 16.8. The Morgan fingerprint density at radius 3 is 1.71 bits per heavy atom. The van der Waals surface area contributed by atoms with Crippen molar-refractivity contribution in [3.8, 4) is 0 Å². The average molecular weight is 281 g/mol. The van der Waals surface area contributed by atoms with Crippen LogP contribution in [0.25, 0.3) is 0 Å². The van der Waals surface area contributed by atoms with Crippen LogP contribution in [-0.4, -0.2) is 17.8 Å². The lowest BCUT2D eigenvalue weighted by Gasteiger charge is -2.46. The molecule has 2 aliphatic heterocycles.